The quantitative estimate of drug-likeness (QED) is 0.0347. The van der Waals surface area contributed by atoms with Crippen LogP contribution in [-0.4, -0.2) is 37.9 Å². The fourth-order valence-electron chi connectivity index (χ4n) is 8.21. The summed E-state index contributed by atoms with van der Waals surface area (Å²) in [5, 5.41) is 0. The van der Waals surface area contributed by atoms with Crippen LogP contribution in [0.15, 0.2) is 12.2 Å². The predicted molar refractivity (Wildman–Crippen MR) is 261 cm³/mol. The van der Waals surface area contributed by atoms with Crippen LogP contribution in [0.1, 0.15) is 303 Å². The molecule has 0 N–H and O–H groups in total. The van der Waals surface area contributed by atoms with Crippen molar-refractivity contribution < 1.29 is 23.8 Å². The summed E-state index contributed by atoms with van der Waals surface area (Å²) in [6.45, 7) is 7.88. The van der Waals surface area contributed by atoms with Gasteiger partial charge in [-0.05, 0) is 44.9 Å². The summed E-state index contributed by atoms with van der Waals surface area (Å²) in [7, 11) is 0. The summed E-state index contributed by atoms with van der Waals surface area (Å²) in [5.74, 6) is -0.377. The topological polar surface area (TPSA) is 61.8 Å². The summed E-state index contributed by atoms with van der Waals surface area (Å²) >= 11 is 0. The molecular formula is C55H106O5. The molecule has 0 amide bonds. The molecule has 0 radical (unpaired) electrons. The molecule has 1 atom stereocenters. The van der Waals surface area contributed by atoms with Gasteiger partial charge in [-0.2, -0.15) is 0 Å². The number of esters is 2. The van der Waals surface area contributed by atoms with Gasteiger partial charge in [0, 0.05) is 19.4 Å². The van der Waals surface area contributed by atoms with Gasteiger partial charge in [-0.15, -0.1) is 0 Å². The third-order valence-corrected chi connectivity index (χ3v) is 12.3. The first-order valence-corrected chi connectivity index (χ1v) is 27.2. The SMILES string of the molecule is CCCCCCCC/C=C\CCCCCCCCCCCC(=O)OCC(COCCCCCCCCCCCC)OC(=O)CCCCCCCCCCCCCCCCC. The highest BCUT2D eigenvalue weighted by Gasteiger charge is 2.17. The van der Waals surface area contributed by atoms with E-state index in [9.17, 15) is 9.59 Å². The summed E-state index contributed by atoms with van der Waals surface area (Å²) in [6, 6.07) is 0. The molecule has 356 valence electrons. The van der Waals surface area contributed by atoms with Crippen LogP contribution < -0.4 is 0 Å². The Kier molecular flexibility index (Phi) is 50.8. The van der Waals surface area contributed by atoms with Crippen LogP contribution in [0.25, 0.3) is 0 Å². The zero-order valence-corrected chi connectivity index (χ0v) is 41.0. The molecule has 5 heteroatoms. The molecule has 0 aromatic rings. The number of unbranched alkanes of at least 4 members (excludes halogenated alkanes) is 38. The van der Waals surface area contributed by atoms with Crippen molar-refractivity contribution in [2.24, 2.45) is 0 Å². The molecule has 1 unspecified atom stereocenters. The summed E-state index contributed by atoms with van der Waals surface area (Å²) < 4.78 is 17.4. The molecule has 0 aliphatic carbocycles. The Morgan fingerprint density at radius 3 is 1.02 bits per heavy atom. The fourth-order valence-corrected chi connectivity index (χ4v) is 8.21. The summed E-state index contributed by atoms with van der Waals surface area (Å²) in [6.07, 6.45) is 59.3. The number of hydrogen-bond donors (Lipinski definition) is 0. The Labute approximate surface area is 375 Å². The first kappa shape index (κ1) is 58.6. The Morgan fingerprint density at radius 1 is 0.350 bits per heavy atom. The van der Waals surface area contributed by atoms with Gasteiger partial charge in [0.05, 0.1) is 6.61 Å². The van der Waals surface area contributed by atoms with E-state index in [-0.39, 0.29) is 18.5 Å². The lowest BCUT2D eigenvalue weighted by Crippen LogP contribution is -2.30. The van der Waals surface area contributed by atoms with E-state index < -0.39 is 6.10 Å². The molecule has 0 aromatic carbocycles. The number of allylic oxidation sites excluding steroid dienone is 2. The van der Waals surface area contributed by atoms with E-state index in [1.54, 1.807) is 0 Å². The molecule has 0 saturated heterocycles. The highest BCUT2D eigenvalue weighted by atomic mass is 16.6. The molecule has 0 spiro atoms. The molecule has 0 heterocycles. The third-order valence-electron chi connectivity index (χ3n) is 12.3. The van der Waals surface area contributed by atoms with Crippen molar-refractivity contribution in [2.75, 3.05) is 19.8 Å². The van der Waals surface area contributed by atoms with E-state index in [0.29, 0.717) is 26.1 Å². The Bertz CT molecular complexity index is 871. The van der Waals surface area contributed by atoms with Crippen LogP contribution in [0.4, 0.5) is 0 Å². The van der Waals surface area contributed by atoms with E-state index in [2.05, 4.69) is 32.9 Å². The molecule has 0 saturated carbocycles. The van der Waals surface area contributed by atoms with Crippen LogP contribution in [0.3, 0.4) is 0 Å². The number of carbonyl (C=O) groups is 2. The van der Waals surface area contributed by atoms with Gasteiger partial charge in [-0.25, -0.2) is 0 Å². The minimum Gasteiger partial charge on any atom is -0.462 e. The molecular weight excluding hydrogens is 741 g/mol. The van der Waals surface area contributed by atoms with Crippen LogP contribution in [-0.2, 0) is 23.8 Å². The van der Waals surface area contributed by atoms with Gasteiger partial charge in [0.15, 0.2) is 6.10 Å². The molecule has 0 aromatic heterocycles. The van der Waals surface area contributed by atoms with Crippen molar-refractivity contribution in [1.29, 1.82) is 0 Å². The highest BCUT2D eigenvalue weighted by Crippen LogP contribution is 2.16. The van der Waals surface area contributed by atoms with Gasteiger partial charge >= 0.3 is 11.9 Å². The average Bonchev–Trinajstić information content (AvgIpc) is 3.25. The van der Waals surface area contributed by atoms with Gasteiger partial charge in [-0.1, -0.05) is 258 Å². The van der Waals surface area contributed by atoms with Crippen LogP contribution in [0.5, 0.6) is 0 Å². The molecule has 60 heavy (non-hydrogen) atoms. The highest BCUT2D eigenvalue weighted by molar-refractivity contribution is 5.70. The molecule has 0 fully saturated rings. The standard InChI is InChI=1S/C55H106O5/c1-4-7-10-13-16-19-22-24-26-27-28-29-31-32-34-36-39-42-45-48-54(56)59-52-53(51-58-50-47-44-41-38-21-18-15-12-9-6-3)60-55(57)49-46-43-40-37-35-33-30-25-23-20-17-14-11-8-5-2/h24,26,53H,4-23,25,27-52H2,1-3H3/b26-24-. The minimum atomic E-state index is -0.526. The first-order chi connectivity index (χ1) is 29.6. The Morgan fingerprint density at radius 2 is 0.650 bits per heavy atom. The number of rotatable bonds is 51. The maximum atomic E-state index is 12.8. The largest absolute Gasteiger partial charge is 0.462 e. The lowest BCUT2D eigenvalue weighted by molar-refractivity contribution is -0.163. The van der Waals surface area contributed by atoms with Crippen molar-refractivity contribution >= 4 is 11.9 Å². The van der Waals surface area contributed by atoms with Gasteiger partial charge < -0.3 is 14.2 Å². The van der Waals surface area contributed by atoms with Gasteiger partial charge in [-0.3, -0.25) is 9.59 Å². The lowest BCUT2D eigenvalue weighted by atomic mass is 10.0. The first-order valence-electron chi connectivity index (χ1n) is 27.2. The van der Waals surface area contributed by atoms with Crippen molar-refractivity contribution in [2.45, 2.75) is 309 Å². The van der Waals surface area contributed by atoms with E-state index in [0.717, 1.165) is 32.1 Å². The van der Waals surface area contributed by atoms with Crippen LogP contribution in [0.2, 0.25) is 0 Å². The molecule has 0 aliphatic heterocycles. The Hall–Kier alpha value is -1.36. The monoisotopic (exact) mass is 847 g/mol. The molecule has 0 bridgehead atoms. The van der Waals surface area contributed by atoms with Crippen molar-refractivity contribution in [3.8, 4) is 0 Å². The average molecular weight is 847 g/mol. The predicted octanol–water partition coefficient (Wildman–Crippen LogP) is 18.2. The zero-order valence-electron chi connectivity index (χ0n) is 41.0. The maximum absolute atomic E-state index is 12.8. The van der Waals surface area contributed by atoms with Crippen LogP contribution >= 0.6 is 0 Å². The number of hydrogen-bond acceptors (Lipinski definition) is 5. The van der Waals surface area contributed by atoms with Gasteiger partial charge in [0.2, 0.25) is 0 Å². The summed E-state index contributed by atoms with van der Waals surface area (Å²) in [5.41, 5.74) is 0. The van der Waals surface area contributed by atoms with Gasteiger partial charge in [0.1, 0.15) is 6.61 Å². The minimum absolute atomic E-state index is 0.0936. The Balaban J connectivity index is 4.13. The van der Waals surface area contributed by atoms with E-state index >= 15 is 0 Å². The smallest absolute Gasteiger partial charge is 0.306 e. The fraction of sp³-hybridized carbons (Fsp3) is 0.927. The lowest BCUT2D eigenvalue weighted by Gasteiger charge is -2.18. The van der Waals surface area contributed by atoms with Crippen molar-refractivity contribution in [3.63, 3.8) is 0 Å². The molecule has 0 aliphatic rings. The van der Waals surface area contributed by atoms with Gasteiger partial charge in [0.25, 0.3) is 0 Å². The van der Waals surface area contributed by atoms with E-state index in [4.69, 9.17) is 14.2 Å². The van der Waals surface area contributed by atoms with E-state index in [1.165, 1.54) is 238 Å². The normalized spacial score (nSPS) is 12.1. The summed E-state index contributed by atoms with van der Waals surface area (Å²) in [4.78, 5) is 25.4. The van der Waals surface area contributed by atoms with Crippen molar-refractivity contribution in [3.05, 3.63) is 12.2 Å². The second-order valence-corrected chi connectivity index (χ2v) is 18.5. The second-order valence-electron chi connectivity index (χ2n) is 18.5. The molecule has 0 rings (SSSR count). The zero-order chi connectivity index (χ0) is 43.5. The maximum Gasteiger partial charge on any atom is 0.306 e. The molecule has 5 nitrogen and oxygen atoms in total. The number of ether oxygens (including phenoxy) is 3. The second kappa shape index (κ2) is 52.0. The van der Waals surface area contributed by atoms with Crippen LogP contribution in [0, 0.1) is 0 Å². The number of carbonyl (C=O) groups excluding carboxylic acids is 2. The third kappa shape index (κ3) is 49.3. The van der Waals surface area contributed by atoms with E-state index in [1.807, 2.05) is 0 Å². The van der Waals surface area contributed by atoms with Crippen molar-refractivity contribution in [1.82, 2.24) is 0 Å².